The quantitative estimate of drug-likeness (QED) is 0.448. The van der Waals surface area contributed by atoms with Gasteiger partial charge in [-0.2, -0.15) is 0 Å². The molecule has 0 saturated carbocycles. The number of rotatable bonds is 11. The molecule has 0 spiro atoms. The van der Waals surface area contributed by atoms with Crippen molar-refractivity contribution in [1.82, 2.24) is 0 Å². The number of aliphatic hydroxyl groups is 1. The molecule has 0 aliphatic rings. The molecule has 3 heteroatoms. The van der Waals surface area contributed by atoms with Gasteiger partial charge in [-0.1, -0.05) is 39.0 Å². The lowest BCUT2D eigenvalue weighted by molar-refractivity contribution is -0.873. The van der Waals surface area contributed by atoms with Crippen LogP contribution in [0, 0.1) is 0 Å². The maximum Gasteiger partial charge on any atom is 0.126 e. The molecule has 0 aliphatic heterocycles. The topological polar surface area (TPSA) is 29.5 Å². The van der Waals surface area contributed by atoms with E-state index in [1.165, 1.54) is 32.1 Å². The van der Waals surface area contributed by atoms with Gasteiger partial charge in [0.05, 0.1) is 27.7 Å². The summed E-state index contributed by atoms with van der Waals surface area (Å²) in [5, 5.41) is 9.72. The number of aliphatic hydroxyl groups excluding tert-OH is 1. The number of unbranched alkanes of at least 4 members (excludes halogenated alkanes) is 5. The van der Waals surface area contributed by atoms with Gasteiger partial charge in [0, 0.05) is 6.61 Å². The first-order chi connectivity index (χ1) is 7.95. The average Bonchev–Trinajstić information content (AvgIpc) is 2.19. The molecule has 0 fully saturated rings. The zero-order valence-corrected chi connectivity index (χ0v) is 12.2. The van der Waals surface area contributed by atoms with Gasteiger partial charge in [0.25, 0.3) is 0 Å². The van der Waals surface area contributed by atoms with Gasteiger partial charge in [0.1, 0.15) is 12.6 Å². The fraction of sp³-hybridized carbons (Fsp3) is 1.00. The third kappa shape index (κ3) is 13.8. The standard InChI is InChI=1S/C14H32NO2/c1-5-6-7-8-9-10-11-17-13-14(16)12-15(2,3)4/h14,16H,5-13H2,1-4H3/q+1/t14-/m0/s1. The summed E-state index contributed by atoms with van der Waals surface area (Å²) in [5.41, 5.74) is 0. The number of hydrogen-bond acceptors (Lipinski definition) is 2. The second-order valence-corrected chi connectivity index (χ2v) is 5.97. The van der Waals surface area contributed by atoms with Crippen molar-refractivity contribution in [2.45, 2.75) is 51.6 Å². The Morgan fingerprint density at radius 2 is 1.59 bits per heavy atom. The molecule has 0 aliphatic carbocycles. The van der Waals surface area contributed by atoms with Crippen LogP contribution in [0.15, 0.2) is 0 Å². The van der Waals surface area contributed by atoms with Crippen LogP contribution in [-0.4, -0.2) is 56.6 Å². The molecule has 0 heterocycles. The molecule has 0 radical (unpaired) electrons. The maximum atomic E-state index is 9.72. The molecule has 0 rings (SSSR count). The van der Waals surface area contributed by atoms with Gasteiger partial charge >= 0.3 is 0 Å². The molecule has 0 aromatic carbocycles. The van der Waals surface area contributed by atoms with Crippen molar-refractivity contribution in [2.75, 3.05) is 40.9 Å². The van der Waals surface area contributed by atoms with Crippen molar-refractivity contribution in [1.29, 1.82) is 0 Å². The highest BCUT2D eigenvalue weighted by molar-refractivity contribution is 4.51. The van der Waals surface area contributed by atoms with Gasteiger partial charge in [-0.3, -0.25) is 0 Å². The smallest absolute Gasteiger partial charge is 0.126 e. The van der Waals surface area contributed by atoms with Gasteiger partial charge < -0.3 is 14.3 Å². The third-order valence-electron chi connectivity index (χ3n) is 2.71. The van der Waals surface area contributed by atoms with Crippen molar-refractivity contribution in [3.63, 3.8) is 0 Å². The van der Waals surface area contributed by atoms with Crippen LogP contribution in [0.4, 0.5) is 0 Å². The van der Waals surface area contributed by atoms with E-state index in [1.807, 2.05) is 0 Å². The SMILES string of the molecule is CCCCCCCCOC[C@@H](O)C[N+](C)(C)C. The molecule has 0 amide bonds. The Bertz CT molecular complexity index is 166. The maximum absolute atomic E-state index is 9.72. The molecular formula is C14H32NO2+. The van der Waals surface area contributed by atoms with E-state index in [4.69, 9.17) is 4.74 Å². The Kier molecular flexibility index (Phi) is 9.79. The molecule has 17 heavy (non-hydrogen) atoms. The molecule has 0 unspecified atom stereocenters. The first-order valence-electron chi connectivity index (χ1n) is 7.02. The van der Waals surface area contributed by atoms with E-state index in [2.05, 4.69) is 28.1 Å². The van der Waals surface area contributed by atoms with Crippen LogP contribution in [-0.2, 0) is 4.74 Å². The Morgan fingerprint density at radius 1 is 1.00 bits per heavy atom. The lowest BCUT2D eigenvalue weighted by atomic mass is 10.1. The van der Waals surface area contributed by atoms with Crippen molar-refractivity contribution in [3.8, 4) is 0 Å². The van der Waals surface area contributed by atoms with Gasteiger partial charge in [0.15, 0.2) is 0 Å². The molecule has 0 aromatic rings. The molecular weight excluding hydrogens is 214 g/mol. The highest BCUT2D eigenvalue weighted by Crippen LogP contribution is 2.05. The van der Waals surface area contributed by atoms with Crippen molar-refractivity contribution in [3.05, 3.63) is 0 Å². The second kappa shape index (κ2) is 9.86. The number of likely N-dealkylation sites (N-methyl/N-ethyl adjacent to an activating group) is 1. The van der Waals surface area contributed by atoms with E-state index >= 15 is 0 Å². The Labute approximate surface area is 107 Å². The van der Waals surface area contributed by atoms with Crippen molar-refractivity contribution in [2.24, 2.45) is 0 Å². The van der Waals surface area contributed by atoms with E-state index in [0.29, 0.717) is 6.61 Å². The molecule has 0 saturated heterocycles. The van der Waals surface area contributed by atoms with E-state index in [9.17, 15) is 5.11 Å². The van der Waals surface area contributed by atoms with E-state index in [-0.39, 0.29) is 6.10 Å². The van der Waals surface area contributed by atoms with Crippen LogP contribution in [0.1, 0.15) is 45.4 Å². The Balaban J connectivity index is 3.22. The van der Waals surface area contributed by atoms with Crippen molar-refractivity contribution >= 4 is 0 Å². The fourth-order valence-electron chi connectivity index (χ4n) is 1.89. The predicted molar refractivity (Wildman–Crippen MR) is 73.1 cm³/mol. The van der Waals surface area contributed by atoms with Gasteiger partial charge in [-0.05, 0) is 6.42 Å². The lowest BCUT2D eigenvalue weighted by Crippen LogP contribution is -2.43. The summed E-state index contributed by atoms with van der Waals surface area (Å²) >= 11 is 0. The van der Waals surface area contributed by atoms with Crippen LogP contribution in [0.3, 0.4) is 0 Å². The fourth-order valence-corrected chi connectivity index (χ4v) is 1.89. The van der Waals surface area contributed by atoms with Crippen LogP contribution in [0.2, 0.25) is 0 Å². The van der Waals surface area contributed by atoms with Crippen molar-refractivity contribution < 1.29 is 14.3 Å². The summed E-state index contributed by atoms with van der Waals surface area (Å²) in [6, 6.07) is 0. The predicted octanol–water partition coefficient (Wildman–Crippen LogP) is 2.43. The summed E-state index contributed by atoms with van der Waals surface area (Å²) < 4.78 is 6.27. The monoisotopic (exact) mass is 246 g/mol. The van der Waals surface area contributed by atoms with E-state index < -0.39 is 0 Å². The average molecular weight is 246 g/mol. The summed E-state index contributed by atoms with van der Waals surface area (Å²) in [4.78, 5) is 0. The van der Waals surface area contributed by atoms with Gasteiger partial charge in [0.2, 0.25) is 0 Å². The second-order valence-electron chi connectivity index (χ2n) is 5.97. The van der Waals surface area contributed by atoms with E-state index in [0.717, 1.165) is 24.1 Å². The van der Waals surface area contributed by atoms with Crippen LogP contribution in [0.5, 0.6) is 0 Å². The van der Waals surface area contributed by atoms with E-state index in [1.54, 1.807) is 0 Å². The molecule has 0 bridgehead atoms. The highest BCUT2D eigenvalue weighted by atomic mass is 16.5. The Hall–Kier alpha value is -0.120. The molecule has 3 nitrogen and oxygen atoms in total. The minimum absolute atomic E-state index is 0.338. The van der Waals surface area contributed by atoms with Crippen LogP contribution in [0.25, 0.3) is 0 Å². The van der Waals surface area contributed by atoms with Gasteiger partial charge in [-0.15, -0.1) is 0 Å². The minimum Gasteiger partial charge on any atom is -0.385 e. The first kappa shape index (κ1) is 16.9. The lowest BCUT2D eigenvalue weighted by Gasteiger charge is -2.26. The number of hydrogen-bond donors (Lipinski definition) is 1. The minimum atomic E-state index is -0.338. The largest absolute Gasteiger partial charge is 0.385 e. The molecule has 1 N–H and O–H groups in total. The number of quaternary nitrogens is 1. The summed E-state index contributed by atoms with van der Waals surface area (Å²) in [7, 11) is 6.24. The third-order valence-corrected chi connectivity index (χ3v) is 2.71. The molecule has 0 aromatic heterocycles. The highest BCUT2D eigenvalue weighted by Gasteiger charge is 2.14. The molecule has 1 atom stereocenters. The number of nitrogens with zero attached hydrogens (tertiary/aromatic N) is 1. The van der Waals surface area contributed by atoms with Crippen LogP contribution >= 0.6 is 0 Å². The Morgan fingerprint density at radius 3 is 2.18 bits per heavy atom. The van der Waals surface area contributed by atoms with Crippen LogP contribution < -0.4 is 0 Å². The zero-order chi connectivity index (χ0) is 13.1. The number of ether oxygens (including phenoxy) is 1. The van der Waals surface area contributed by atoms with Gasteiger partial charge in [-0.25, -0.2) is 0 Å². The summed E-state index contributed by atoms with van der Waals surface area (Å²) in [5.74, 6) is 0. The summed E-state index contributed by atoms with van der Waals surface area (Å²) in [6.07, 6.45) is 7.36. The summed E-state index contributed by atoms with van der Waals surface area (Å²) in [6.45, 7) is 4.25. The normalized spacial score (nSPS) is 13.9. The molecule has 104 valence electrons. The zero-order valence-electron chi connectivity index (χ0n) is 12.2. The first-order valence-corrected chi connectivity index (χ1v) is 7.02.